The van der Waals surface area contributed by atoms with E-state index in [1.807, 2.05) is 35.8 Å². The maximum absolute atomic E-state index is 13.3. The van der Waals surface area contributed by atoms with Crippen LogP contribution in [0.4, 0.5) is 4.39 Å². The first-order chi connectivity index (χ1) is 10.2. The number of nitrogens with zero attached hydrogens (tertiary/aromatic N) is 2. The molecule has 0 aliphatic rings. The Kier molecular flexibility index (Phi) is 3.80. The number of hydrogen-bond donors (Lipinski definition) is 0. The van der Waals surface area contributed by atoms with E-state index in [9.17, 15) is 4.39 Å². The minimum absolute atomic E-state index is 0.245. The summed E-state index contributed by atoms with van der Waals surface area (Å²) in [6.07, 6.45) is 0. The summed E-state index contributed by atoms with van der Waals surface area (Å²) < 4.78 is 20.8. The van der Waals surface area contributed by atoms with Gasteiger partial charge in [0.2, 0.25) is 0 Å². The van der Waals surface area contributed by atoms with Crippen molar-refractivity contribution in [3.63, 3.8) is 0 Å². The fraction of sp³-hybridized carbons (Fsp3) is 0.188. The van der Waals surface area contributed by atoms with Crippen LogP contribution in [0.5, 0.6) is 5.75 Å². The maximum Gasteiger partial charge on any atom is 0.129 e. The van der Waals surface area contributed by atoms with Gasteiger partial charge in [0, 0.05) is 12.1 Å². The zero-order chi connectivity index (χ0) is 14.8. The molecule has 0 radical (unpaired) electrons. The molecule has 21 heavy (non-hydrogen) atoms. The Labute approximate surface area is 126 Å². The number of imidazole rings is 1. The molecule has 1 heterocycles. The largest absolute Gasteiger partial charge is 0.494 e. The normalized spacial score (nSPS) is 11.0. The van der Waals surface area contributed by atoms with Crippen molar-refractivity contribution in [2.75, 3.05) is 6.61 Å². The van der Waals surface area contributed by atoms with E-state index in [4.69, 9.17) is 16.3 Å². The number of aromatic nitrogens is 2. The fourth-order valence-electron chi connectivity index (χ4n) is 2.36. The highest BCUT2D eigenvalue weighted by atomic mass is 35.5. The molecule has 0 spiro atoms. The molecule has 1 aromatic heterocycles. The van der Waals surface area contributed by atoms with Crippen molar-refractivity contribution >= 4 is 22.6 Å². The average molecular weight is 305 g/mol. The zero-order valence-corrected chi connectivity index (χ0v) is 12.3. The van der Waals surface area contributed by atoms with E-state index in [0.29, 0.717) is 17.9 Å². The minimum Gasteiger partial charge on any atom is -0.494 e. The van der Waals surface area contributed by atoms with Crippen LogP contribution < -0.4 is 4.74 Å². The van der Waals surface area contributed by atoms with Crippen LogP contribution >= 0.6 is 11.6 Å². The molecule has 0 atom stereocenters. The summed E-state index contributed by atoms with van der Waals surface area (Å²) in [6.45, 7) is 2.54. The van der Waals surface area contributed by atoms with E-state index in [-0.39, 0.29) is 11.7 Å². The second-order valence-electron chi connectivity index (χ2n) is 4.56. The van der Waals surface area contributed by atoms with Crippen LogP contribution in [-0.2, 0) is 5.88 Å². The number of benzene rings is 2. The molecule has 2 aromatic carbocycles. The monoisotopic (exact) mass is 304 g/mol. The Bertz CT molecular complexity index is 785. The average Bonchev–Trinajstić information content (AvgIpc) is 2.85. The molecule has 108 valence electrons. The molecule has 0 saturated carbocycles. The van der Waals surface area contributed by atoms with Gasteiger partial charge in [0.05, 0.1) is 29.2 Å². The Morgan fingerprint density at radius 2 is 2.10 bits per heavy atom. The molecule has 0 N–H and O–H groups in total. The summed E-state index contributed by atoms with van der Waals surface area (Å²) >= 11 is 5.99. The van der Waals surface area contributed by atoms with Crippen molar-refractivity contribution in [3.05, 3.63) is 54.1 Å². The third-order valence-corrected chi connectivity index (χ3v) is 3.43. The van der Waals surface area contributed by atoms with Crippen molar-refractivity contribution < 1.29 is 9.13 Å². The van der Waals surface area contributed by atoms with Crippen LogP contribution in [0.25, 0.3) is 16.7 Å². The third kappa shape index (κ3) is 2.59. The highest BCUT2D eigenvalue weighted by Crippen LogP contribution is 2.25. The van der Waals surface area contributed by atoms with Gasteiger partial charge in [0.15, 0.2) is 0 Å². The first-order valence-electron chi connectivity index (χ1n) is 6.69. The highest BCUT2D eigenvalue weighted by molar-refractivity contribution is 6.17. The van der Waals surface area contributed by atoms with Gasteiger partial charge in [-0.2, -0.15) is 0 Å². The summed E-state index contributed by atoms with van der Waals surface area (Å²) in [5.41, 5.74) is 2.30. The molecule has 5 heteroatoms. The molecule has 0 unspecified atom stereocenters. The quantitative estimate of drug-likeness (QED) is 0.672. The van der Waals surface area contributed by atoms with Gasteiger partial charge < -0.3 is 4.74 Å². The van der Waals surface area contributed by atoms with Crippen molar-refractivity contribution in [2.45, 2.75) is 12.8 Å². The SMILES string of the molecule is CCOc1cccc(-n2c(CCl)nc3cc(F)ccc32)c1. The molecule has 0 aliphatic carbocycles. The fourth-order valence-corrected chi connectivity index (χ4v) is 2.54. The molecule has 0 saturated heterocycles. The van der Waals surface area contributed by atoms with E-state index in [1.54, 1.807) is 6.07 Å². The first-order valence-corrected chi connectivity index (χ1v) is 7.22. The summed E-state index contributed by atoms with van der Waals surface area (Å²) in [7, 11) is 0. The van der Waals surface area contributed by atoms with Crippen LogP contribution in [0.1, 0.15) is 12.7 Å². The molecular weight excluding hydrogens is 291 g/mol. The van der Waals surface area contributed by atoms with Crippen molar-refractivity contribution in [3.8, 4) is 11.4 Å². The lowest BCUT2D eigenvalue weighted by Crippen LogP contribution is -2.00. The van der Waals surface area contributed by atoms with Gasteiger partial charge in [0.25, 0.3) is 0 Å². The lowest BCUT2D eigenvalue weighted by molar-refractivity contribution is 0.340. The van der Waals surface area contributed by atoms with E-state index in [0.717, 1.165) is 17.0 Å². The Balaban J connectivity index is 2.20. The van der Waals surface area contributed by atoms with E-state index >= 15 is 0 Å². The lowest BCUT2D eigenvalue weighted by atomic mass is 10.2. The number of rotatable bonds is 4. The standard InChI is InChI=1S/C16H14ClFN2O/c1-2-21-13-5-3-4-12(9-13)20-15-7-6-11(18)8-14(15)19-16(20)10-17/h3-9H,2,10H2,1H3. The van der Waals surface area contributed by atoms with E-state index in [1.165, 1.54) is 12.1 Å². The second kappa shape index (κ2) is 5.74. The predicted octanol–water partition coefficient (Wildman–Crippen LogP) is 4.30. The molecule has 3 rings (SSSR count). The molecule has 0 aliphatic heterocycles. The first kappa shape index (κ1) is 13.9. The molecule has 3 aromatic rings. The van der Waals surface area contributed by atoms with Crippen molar-refractivity contribution in [2.24, 2.45) is 0 Å². The van der Waals surface area contributed by atoms with Gasteiger partial charge in [0.1, 0.15) is 17.4 Å². The molecule has 0 fully saturated rings. The Hall–Kier alpha value is -2.07. The molecule has 3 nitrogen and oxygen atoms in total. The zero-order valence-electron chi connectivity index (χ0n) is 11.5. The van der Waals surface area contributed by atoms with Gasteiger partial charge >= 0.3 is 0 Å². The molecular formula is C16H14ClFN2O. The minimum atomic E-state index is -0.309. The predicted molar refractivity (Wildman–Crippen MR) is 81.8 cm³/mol. The van der Waals surface area contributed by atoms with Gasteiger partial charge in [-0.3, -0.25) is 4.57 Å². The molecule has 0 amide bonds. The summed E-state index contributed by atoms with van der Waals surface area (Å²) in [4.78, 5) is 4.39. The number of fused-ring (bicyclic) bond motifs is 1. The van der Waals surface area contributed by atoms with Crippen LogP contribution in [0, 0.1) is 5.82 Å². The highest BCUT2D eigenvalue weighted by Gasteiger charge is 2.12. The Morgan fingerprint density at radius 1 is 1.24 bits per heavy atom. The lowest BCUT2D eigenvalue weighted by Gasteiger charge is -2.10. The number of halogens is 2. The summed E-state index contributed by atoms with van der Waals surface area (Å²) in [5.74, 6) is 1.39. The number of ether oxygens (including phenoxy) is 1. The van der Waals surface area contributed by atoms with E-state index < -0.39 is 0 Å². The van der Waals surface area contributed by atoms with Crippen LogP contribution in [0.2, 0.25) is 0 Å². The van der Waals surface area contributed by atoms with Crippen LogP contribution in [0.3, 0.4) is 0 Å². The van der Waals surface area contributed by atoms with Gasteiger partial charge in [-0.05, 0) is 31.2 Å². The third-order valence-electron chi connectivity index (χ3n) is 3.19. The van der Waals surface area contributed by atoms with Gasteiger partial charge in [-0.25, -0.2) is 9.37 Å². The topological polar surface area (TPSA) is 27.1 Å². The Morgan fingerprint density at radius 3 is 2.86 bits per heavy atom. The number of hydrogen-bond acceptors (Lipinski definition) is 2. The second-order valence-corrected chi connectivity index (χ2v) is 4.83. The maximum atomic E-state index is 13.3. The summed E-state index contributed by atoms with van der Waals surface area (Å²) in [5, 5.41) is 0. The van der Waals surface area contributed by atoms with Gasteiger partial charge in [-0.1, -0.05) is 6.07 Å². The van der Waals surface area contributed by atoms with Crippen molar-refractivity contribution in [1.29, 1.82) is 0 Å². The van der Waals surface area contributed by atoms with Crippen molar-refractivity contribution in [1.82, 2.24) is 9.55 Å². The van der Waals surface area contributed by atoms with Gasteiger partial charge in [-0.15, -0.1) is 11.6 Å². The van der Waals surface area contributed by atoms with E-state index in [2.05, 4.69) is 4.98 Å². The van der Waals surface area contributed by atoms with Crippen LogP contribution in [-0.4, -0.2) is 16.2 Å². The number of alkyl halides is 1. The smallest absolute Gasteiger partial charge is 0.129 e. The molecule has 0 bridgehead atoms. The van der Waals surface area contributed by atoms with Crippen LogP contribution in [0.15, 0.2) is 42.5 Å². The summed E-state index contributed by atoms with van der Waals surface area (Å²) in [6, 6.07) is 12.2.